The van der Waals surface area contributed by atoms with Gasteiger partial charge in [-0.15, -0.1) is 6.58 Å². The van der Waals surface area contributed by atoms with Crippen molar-refractivity contribution in [3.63, 3.8) is 0 Å². The van der Waals surface area contributed by atoms with Crippen molar-refractivity contribution in [3.05, 3.63) is 12.7 Å². The molecule has 1 N–H and O–H groups in total. The maximum atomic E-state index is 10.2. The first-order valence-corrected chi connectivity index (χ1v) is 5.47. The van der Waals surface area contributed by atoms with Gasteiger partial charge in [0.25, 0.3) is 0 Å². The predicted molar refractivity (Wildman–Crippen MR) is 56.0 cm³/mol. The van der Waals surface area contributed by atoms with Gasteiger partial charge in [-0.2, -0.15) is 0 Å². The predicted octanol–water partition coefficient (Wildman–Crippen LogP) is 2.13. The van der Waals surface area contributed by atoms with Gasteiger partial charge >= 0.3 is 0 Å². The molecule has 14 heavy (non-hydrogen) atoms. The fourth-order valence-corrected chi connectivity index (χ4v) is 3.49. The minimum atomic E-state index is -0.498. The van der Waals surface area contributed by atoms with Crippen LogP contribution in [0.15, 0.2) is 12.7 Å². The molecule has 2 nitrogen and oxygen atoms in total. The average molecular weight is 196 g/mol. The SMILES string of the molecule is C=CCC[C@H]1C2[C@@](C)(O)CC[C@@]21OC. The molecular weight excluding hydrogens is 176 g/mol. The van der Waals surface area contributed by atoms with Gasteiger partial charge in [0.2, 0.25) is 0 Å². The van der Waals surface area contributed by atoms with Gasteiger partial charge in [0.1, 0.15) is 0 Å². The van der Waals surface area contributed by atoms with E-state index in [9.17, 15) is 5.11 Å². The molecule has 2 aliphatic rings. The second-order valence-electron chi connectivity index (χ2n) is 4.97. The van der Waals surface area contributed by atoms with Crippen LogP contribution in [0, 0.1) is 11.8 Å². The summed E-state index contributed by atoms with van der Waals surface area (Å²) in [5, 5.41) is 10.2. The van der Waals surface area contributed by atoms with Crippen LogP contribution in [0.4, 0.5) is 0 Å². The average Bonchev–Trinajstić information content (AvgIpc) is 2.73. The van der Waals surface area contributed by atoms with Crippen LogP contribution in [0.2, 0.25) is 0 Å². The van der Waals surface area contributed by atoms with E-state index >= 15 is 0 Å². The van der Waals surface area contributed by atoms with E-state index in [1.54, 1.807) is 7.11 Å². The van der Waals surface area contributed by atoms with Crippen molar-refractivity contribution in [3.8, 4) is 0 Å². The van der Waals surface area contributed by atoms with Gasteiger partial charge < -0.3 is 9.84 Å². The fourth-order valence-electron chi connectivity index (χ4n) is 3.49. The number of aliphatic hydroxyl groups is 1. The van der Waals surface area contributed by atoms with Gasteiger partial charge in [-0.3, -0.25) is 0 Å². The molecule has 0 aliphatic heterocycles. The molecule has 0 saturated heterocycles. The van der Waals surface area contributed by atoms with Crippen molar-refractivity contribution in [2.75, 3.05) is 7.11 Å². The molecule has 2 heteroatoms. The third kappa shape index (κ3) is 1.17. The first-order chi connectivity index (χ1) is 6.58. The lowest BCUT2D eigenvalue weighted by atomic mass is 9.95. The third-order valence-electron chi connectivity index (χ3n) is 4.20. The second-order valence-corrected chi connectivity index (χ2v) is 4.97. The second kappa shape index (κ2) is 3.07. The summed E-state index contributed by atoms with van der Waals surface area (Å²) in [7, 11) is 1.78. The first-order valence-electron chi connectivity index (χ1n) is 5.47. The Morgan fingerprint density at radius 2 is 2.29 bits per heavy atom. The molecule has 0 aromatic rings. The zero-order valence-electron chi connectivity index (χ0n) is 9.12. The van der Waals surface area contributed by atoms with Crippen molar-refractivity contribution in [1.29, 1.82) is 0 Å². The molecule has 1 unspecified atom stereocenters. The summed E-state index contributed by atoms with van der Waals surface area (Å²) in [5.74, 6) is 0.911. The molecule has 0 amide bonds. The number of fused-ring (bicyclic) bond motifs is 1. The maximum absolute atomic E-state index is 10.2. The molecule has 80 valence electrons. The summed E-state index contributed by atoms with van der Waals surface area (Å²) in [6, 6.07) is 0. The largest absolute Gasteiger partial charge is 0.390 e. The Balaban J connectivity index is 2.06. The van der Waals surface area contributed by atoms with Crippen LogP contribution in [0.3, 0.4) is 0 Å². The van der Waals surface area contributed by atoms with Crippen molar-refractivity contribution < 1.29 is 9.84 Å². The molecule has 2 fully saturated rings. The molecule has 2 aliphatic carbocycles. The third-order valence-corrected chi connectivity index (χ3v) is 4.20. The maximum Gasteiger partial charge on any atom is 0.0771 e. The molecule has 0 spiro atoms. The van der Waals surface area contributed by atoms with Crippen molar-refractivity contribution in [2.45, 2.75) is 43.8 Å². The molecule has 2 rings (SSSR count). The summed E-state index contributed by atoms with van der Waals surface area (Å²) >= 11 is 0. The molecular formula is C12H20O2. The lowest BCUT2D eigenvalue weighted by molar-refractivity contribution is 0.0297. The minimum absolute atomic E-state index is 0.00646. The summed E-state index contributed by atoms with van der Waals surface area (Å²) in [5.41, 5.74) is -0.492. The Hall–Kier alpha value is -0.340. The Morgan fingerprint density at radius 1 is 1.57 bits per heavy atom. The molecule has 0 aromatic heterocycles. The Bertz CT molecular complexity index is 247. The van der Waals surface area contributed by atoms with Crippen LogP contribution in [0.1, 0.15) is 32.6 Å². The summed E-state index contributed by atoms with van der Waals surface area (Å²) < 4.78 is 5.62. The zero-order chi connectivity index (χ0) is 10.4. The van der Waals surface area contributed by atoms with E-state index in [0.29, 0.717) is 11.8 Å². The van der Waals surface area contributed by atoms with E-state index in [2.05, 4.69) is 6.58 Å². The van der Waals surface area contributed by atoms with Gasteiger partial charge in [0, 0.05) is 13.0 Å². The number of hydrogen-bond donors (Lipinski definition) is 1. The number of rotatable bonds is 4. The van der Waals surface area contributed by atoms with Crippen LogP contribution in [0.25, 0.3) is 0 Å². The van der Waals surface area contributed by atoms with Crippen molar-refractivity contribution in [1.82, 2.24) is 0 Å². The molecule has 0 heterocycles. The van der Waals surface area contributed by atoms with Crippen LogP contribution in [-0.4, -0.2) is 23.4 Å². The number of ether oxygens (including phenoxy) is 1. The highest BCUT2D eigenvalue weighted by Gasteiger charge is 2.74. The summed E-state index contributed by atoms with van der Waals surface area (Å²) in [6.45, 7) is 5.69. The summed E-state index contributed by atoms with van der Waals surface area (Å²) in [6.07, 6.45) is 5.99. The van der Waals surface area contributed by atoms with E-state index in [4.69, 9.17) is 4.74 Å². The number of hydrogen-bond acceptors (Lipinski definition) is 2. The highest BCUT2D eigenvalue weighted by atomic mass is 16.5. The Kier molecular flexibility index (Phi) is 2.24. The highest BCUT2D eigenvalue weighted by molar-refractivity contribution is 5.24. The van der Waals surface area contributed by atoms with Gasteiger partial charge in [-0.1, -0.05) is 6.08 Å². The van der Waals surface area contributed by atoms with E-state index in [1.165, 1.54) is 0 Å². The van der Waals surface area contributed by atoms with E-state index in [0.717, 1.165) is 25.7 Å². The summed E-state index contributed by atoms with van der Waals surface area (Å²) in [4.78, 5) is 0. The first kappa shape index (κ1) is 10.2. The van der Waals surface area contributed by atoms with E-state index < -0.39 is 5.60 Å². The molecule has 2 saturated carbocycles. The number of allylic oxidation sites excluding steroid dienone is 1. The van der Waals surface area contributed by atoms with Gasteiger partial charge in [-0.05, 0) is 38.5 Å². The standard InChI is InChI=1S/C12H20O2/c1-4-5-6-9-10-11(2,13)7-8-12(9,10)14-3/h4,9-10,13H,1,5-8H2,2-3H3/t9-,10?,11-,12-/m0/s1. The van der Waals surface area contributed by atoms with Gasteiger partial charge in [0.15, 0.2) is 0 Å². The van der Waals surface area contributed by atoms with Gasteiger partial charge in [0.05, 0.1) is 11.2 Å². The zero-order valence-corrected chi connectivity index (χ0v) is 9.12. The van der Waals surface area contributed by atoms with Crippen molar-refractivity contribution >= 4 is 0 Å². The Morgan fingerprint density at radius 3 is 2.79 bits per heavy atom. The molecule has 0 radical (unpaired) electrons. The van der Waals surface area contributed by atoms with Crippen LogP contribution in [0.5, 0.6) is 0 Å². The topological polar surface area (TPSA) is 29.5 Å². The van der Waals surface area contributed by atoms with Crippen LogP contribution in [-0.2, 0) is 4.74 Å². The number of methoxy groups -OCH3 is 1. The van der Waals surface area contributed by atoms with Crippen LogP contribution >= 0.6 is 0 Å². The normalized spacial score (nSPS) is 50.2. The van der Waals surface area contributed by atoms with E-state index in [-0.39, 0.29) is 5.60 Å². The molecule has 0 bridgehead atoms. The monoisotopic (exact) mass is 196 g/mol. The minimum Gasteiger partial charge on any atom is -0.390 e. The highest BCUT2D eigenvalue weighted by Crippen LogP contribution is 2.68. The quantitative estimate of drug-likeness (QED) is 0.698. The van der Waals surface area contributed by atoms with Crippen molar-refractivity contribution in [2.24, 2.45) is 11.8 Å². The Labute approximate surface area is 86.0 Å². The van der Waals surface area contributed by atoms with E-state index in [1.807, 2.05) is 13.0 Å². The van der Waals surface area contributed by atoms with Crippen LogP contribution < -0.4 is 0 Å². The lowest BCUT2D eigenvalue weighted by Crippen LogP contribution is -2.25. The molecule has 0 aromatic carbocycles. The fraction of sp³-hybridized carbons (Fsp3) is 0.833. The molecule has 4 atom stereocenters. The lowest BCUT2D eigenvalue weighted by Gasteiger charge is -2.19. The van der Waals surface area contributed by atoms with Gasteiger partial charge in [-0.25, -0.2) is 0 Å². The smallest absolute Gasteiger partial charge is 0.0771 e.